The van der Waals surface area contributed by atoms with Crippen molar-refractivity contribution in [1.29, 1.82) is 0 Å². The van der Waals surface area contributed by atoms with Gasteiger partial charge in [-0.25, -0.2) is 0 Å². The molecule has 0 aliphatic heterocycles. The van der Waals surface area contributed by atoms with Crippen LogP contribution in [0.25, 0.3) is 22.2 Å². The van der Waals surface area contributed by atoms with Gasteiger partial charge in [-0.1, -0.05) is 48.5 Å². The van der Waals surface area contributed by atoms with Crippen LogP contribution in [0.4, 0.5) is 0 Å². The summed E-state index contributed by atoms with van der Waals surface area (Å²) in [6.07, 6.45) is 0.814. The van der Waals surface area contributed by atoms with Gasteiger partial charge in [0.15, 0.2) is 10.6 Å². The Labute approximate surface area is 150 Å². The maximum atomic E-state index is 9.40. The summed E-state index contributed by atoms with van der Waals surface area (Å²) in [5.74, 6) is 1.12. The van der Waals surface area contributed by atoms with Crippen LogP contribution >= 0.6 is 12.2 Å². The average Bonchev–Trinajstić information content (AvgIpc) is 3.01. The molecule has 1 heterocycles. The molecule has 0 bridgehead atoms. The zero-order chi connectivity index (χ0) is 17.2. The first-order valence-corrected chi connectivity index (χ1v) is 8.54. The van der Waals surface area contributed by atoms with Crippen LogP contribution in [0.15, 0.2) is 66.7 Å². The molecule has 0 radical (unpaired) electrons. The van der Waals surface area contributed by atoms with E-state index in [1.54, 1.807) is 12.1 Å². The highest BCUT2D eigenvalue weighted by Crippen LogP contribution is 2.23. The first kappa shape index (κ1) is 15.6. The molecular weight excluding hydrogens is 330 g/mol. The van der Waals surface area contributed by atoms with Crippen LogP contribution in [0.3, 0.4) is 0 Å². The van der Waals surface area contributed by atoms with Crippen LogP contribution < -0.4 is 0 Å². The molecule has 4 aromatic rings. The van der Waals surface area contributed by atoms with E-state index in [0.29, 0.717) is 4.77 Å². The molecule has 0 aliphatic carbocycles. The fourth-order valence-electron chi connectivity index (χ4n) is 2.98. The number of hydrogen-bond donors (Lipinski definition) is 2. The van der Waals surface area contributed by atoms with E-state index < -0.39 is 0 Å². The number of aromatic nitrogens is 3. The Kier molecular flexibility index (Phi) is 4.07. The lowest BCUT2D eigenvalue weighted by molar-refractivity contribution is 0.475. The van der Waals surface area contributed by atoms with Gasteiger partial charge in [-0.15, -0.1) is 0 Å². The topological polar surface area (TPSA) is 53.8 Å². The highest BCUT2D eigenvalue weighted by molar-refractivity contribution is 7.71. The minimum absolute atomic E-state index is 0.278. The number of nitrogens with zero attached hydrogens (tertiary/aromatic N) is 2. The second-order valence-electron chi connectivity index (χ2n) is 5.98. The van der Waals surface area contributed by atoms with Crippen LogP contribution in [0.5, 0.6) is 5.75 Å². The third kappa shape index (κ3) is 3.19. The van der Waals surface area contributed by atoms with E-state index in [9.17, 15) is 5.11 Å². The first-order valence-electron chi connectivity index (χ1n) is 8.13. The van der Waals surface area contributed by atoms with Crippen molar-refractivity contribution in [2.75, 3.05) is 0 Å². The number of nitrogens with one attached hydrogen (secondary N) is 1. The molecule has 25 heavy (non-hydrogen) atoms. The number of H-pyrrole nitrogens is 1. The van der Waals surface area contributed by atoms with E-state index >= 15 is 0 Å². The molecule has 0 unspecified atom stereocenters. The molecule has 0 saturated heterocycles. The number of aromatic hydroxyl groups is 1. The SMILES string of the molecule is Oc1ccc(CCn2c(-c3ccc4ccccc4c3)n[nH]c2=S)cc1. The highest BCUT2D eigenvalue weighted by Gasteiger charge is 2.09. The van der Waals surface area contributed by atoms with Crippen LogP contribution in [-0.4, -0.2) is 19.9 Å². The van der Waals surface area contributed by atoms with E-state index in [0.717, 1.165) is 29.9 Å². The molecule has 0 saturated carbocycles. The number of aryl methyl sites for hydroxylation is 1. The van der Waals surface area contributed by atoms with Gasteiger partial charge in [0.1, 0.15) is 5.75 Å². The van der Waals surface area contributed by atoms with E-state index in [2.05, 4.69) is 40.5 Å². The normalized spacial score (nSPS) is 11.0. The van der Waals surface area contributed by atoms with Gasteiger partial charge in [0, 0.05) is 12.1 Å². The van der Waals surface area contributed by atoms with Gasteiger partial charge in [-0.3, -0.25) is 9.67 Å². The third-order valence-corrected chi connectivity index (χ3v) is 4.64. The van der Waals surface area contributed by atoms with Crippen molar-refractivity contribution in [2.45, 2.75) is 13.0 Å². The predicted molar refractivity (Wildman–Crippen MR) is 102 cm³/mol. The highest BCUT2D eigenvalue weighted by atomic mass is 32.1. The standard InChI is InChI=1S/C20H17N3OS/c24-18-9-5-14(6-10-18)11-12-23-19(21-22-20(23)25)17-8-7-15-3-1-2-4-16(15)13-17/h1-10,13,24H,11-12H2,(H,22,25). The van der Waals surface area contributed by atoms with Gasteiger partial charge in [-0.2, -0.15) is 5.10 Å². The smallest absolute Gasteiger partial charge is 0.195 e. The van der Waals surface area contributed by atoms with Gasteiger partial charge in [0.25, 0.3) is 0 Å². The lowest BCUT2D eigenvalue weighted by Crippen LogP contribution is -2.04. The van der Waals surface area contributed by atoms with Crippen LogP contribution in [-0.2, 0) is 13.0 Å². The molecule has 0 atom stereocenters. The Morgan fingerprint density at radius 1 is 0.960 bits per heavy atom. The Hall–Kier alpha value is -2.92. The Bertz CT molecular complexity index is 1080. The number of benzene rings is 3. The molecule has 1 aromatic heterocycles. The quantitative estimate of drug-likeness (QED) is 0.526. The van der Waals surface area contributed by atoms with Gasteiger partial charge >= 0.3 is 0 Å². The van der Waals surface area contributed by atoms with E-state index in [1.807, 2.05) is 28.8 Å². The lowest BCUT2D eigenvalue weighted by atomic mass is 10.1. The van der Waals surface area contributed by atoms with Crippen molar-refractivity contribution in [3.63, 3.8) is 0 Å². The number of phenols is 1. The molecule has 0 spiro atoms. The average molecular weight is 347 g/mol. The number of rotatable bonds is 4. The number of aromatic amines is 1. The van der Waals surface area contributed by atoms with Crippen molar-refractivity contribution >= 4 is 23.0 Å². The fourth-order valence-corrected chi connectivity index (χ4v) is 3.20. The van der Waals surface area contributed by atoms with Gasteiger partial charge in [0.05, 0.1) is 0 Å². The number of fused-ring (bicyclic) bond motifs is 1. The predicted octanol–water partition coefficient (Wildman–Crippen LogP) is 4.71. The van der Waals surface area contributed by atoms with Crippen LogP contribution in [0.2, 0.25) is 0 Å². The van der Waals surface area contributed by atoms with Crippen molar-refractivity contribution in [1.82, 2.24) is 14.8 Å². The lowest BCUT2D eigenvalue weighted by Gasteiger charge is -2.08. The Balaban J connectivity index is 1.66. The molecule has 0 amide bonds. The zero-order valence-electron chi connectivity index (χ0n) is 13.5. The molecule has 5 heteroatoms. The van der Waals surface area contributed by atoms with Gasteiger partial charge in [-0.05, 0) is 53.2 Å². The van der Waals surface area contributed by atoms with Crippen molar-refractivity contribution in [2.24, 2.45) is 0 Å². The minimum atomic E-state index is 0.278. The maximum Gasteiger partial charge on any atom is 0.195 e. The summed E-state index contributed by atoms with van der Waals surface area (Å²) < 4.78 is 2.63. The monoisotopic (exact) mass is 347 g/mol. The van der Waals surface area contributed by atoms with Gasteiger partial charge in [0.2, 0.25) is 0 Å². The first-order chi connectivity index (χ1) is 12.2. The molecule has 0 aliphatic rings. The fraction of sp³-hybridized carbons (Fsp3) is 0.100. The largest absolute Gasteiger partial charge is 0.508 e. The zero-order valence-corrected chi connectivity index (χ0v) is 14.3. The second-order valence-corrected chi connectivity index (χ2v) is 6.37. The number of phenolic OH excluding ortho intramolecular Hbond substituents is 1. The van der Waals surface area contributed by atoms with Crippen LogP contribution in [0, 0.1) is 4.77 Å². The second kappa shape index (κ2) is 6.53. The summed E-state index contributed by atoms with van der Waals surface area (Å²) in [7, 11) is 0. The third-order valence-electron chi connectivity index (χ3n) is 4.33. The molecule has 4 nitrogen and oxygen atoms in total. The minimum Gasteiger partial charge on any atom is -0.508 e. The van der Waals surface area contributed by atoms with Crippen LogP contribution in [0.1, 0.15) is 5.56 Å². The van der Waals surface area contributed by atoms with Gasteiger partial charge < -0.3 is 5.11 Å². The van der Waals surface area contributed by atoms with E-state index in [4.69, 9.17) is 12.2 Å². The summed E-state index contributed by atoms with van der Waals surface area (Å²) >= 11 is 5.41. The molecule has 4 rings (SSSR count). The van der Waals surface area contributed by atoms with E-state index in [1.165, 1.54) is 10.8 Å². The summed E-state index contributed by atoms with van der Waals surface area (Å²) in [6, 6.07) is 21.8. The van der Waals surface area contributed by atoms with Crippen molar-refractivity contribution < 1.29 is 5.11 Å². The van der Waals surface area contributed by atoms with Crippen molar-refractivity contribution in [3.05, 3.63) is 77.1 Å². The summed E-state index contributed by atoms with van der Waals surface area (Å²) in [6.45, 7) is 0.724. The Morgan fingerprint density at radius 2 is 1.72 bits per heavy atom. The van der Waals surface area contributed by atoms with Crippen molar-refractivity contribution in [3.8, 4) is 17.1 Å². The molecular formula is C20H17N3OS. The van der Waals surface area contributed by atoms with E-state index in [-0.39, 0.29) is 5.75 Å². The number of hydrogen-bond acceptors (Lipinski definition) is 3. The summed E-state index contributed by atoms with van der Waals surface area (Å²) in [5, 5.41) is 19.1. The maximum absolute atomic E-state index is 9.40. The molecule has 124 valence electrons. The molecule has 3 aromatic carbocycles. The molecule has 0 fully saturated rings. The summed E-state index contributed by atoms with van der Waals surface area (Å²) in [4.78, 5) is 0. The Morgan fingerprint density at radius 3 is 2.52 bits per heavy atom. The summed E-state index contributed by atoms with van der Waals surface area (Å²) in [5.41, 5.74) is 2.18. The molecule has 2 N–H and O–H groups in total.